The van der Waals surface area contributed by atoms with Crippen LogP contribution in [0.4, 0.5) is 5.69 Å². The second kappa shape index (κ2) is 8.23. The zero-order valence-corrected chi connectivity index (χ0v) is 20.0. The maximum atomic E-state index is 13.1. The Bertz CT molecular complexity index is 1200. The van der Waals surface area contributed by atoms with E-state index in [2.05, 4.69) is 25.5 Å². The Morgan fingerprint density at radius 2 is 1.78 bits per heavy atom. The highest BCUT2D eigenvalue weighted by Gasteiger charge is 2.37. The molecule has 7 nitrogen and oxygen atoms in total. The van der Waals surface area contributed by atoms with Gasteiger partial charge in [0.15, 0.2) is 0 Å². The molecule has 9 heteroatoms. The summed E-state index contributed by atoms with van der Waals surface area (Å²) < 4.78 is 29.5. The molecule has 1 aromatic heterocycles. The number of nitrogens with one attached hydrogen (secondary N) is 1. The number of carbonyl (C=O) groups is 1. The van der Waals surface area contributed by atoms with Crippen molar-refractivity contribution >= 4 is 33.2 Å². The van der Waals surface area contributed by atoms with Gasteiger partial charge in [-0.05, 0) is 54.2 Å². The molecule has 1 saturated heterocycles. The number of rotatable bonds is 4. The Morgan fingerprint density at radius 1 is 1.09 bits per heavy atom. The van der Waals surface area contributed by atoms with Gasteiger partial charge in [-0.1, -0.05) is 32.4 Å². The van der Waals surface area contributed by atoms with E-state index < -0.39 is 10.0 Å². The van der Waals surface area contributed by atoms with Gasteiger partial charge in [-0.2, -0.15) is 0 Å². The van der Waals surface area contributed by atoms with E-state index in [9.17, 15) is 18.0 Å². The SMILES string of the molecule is CC(C)(C)CC(=O)N1C[C@H]2C[C@H](C1)c1ccc(NS(=O)(=O)c3ccc(Cl)cc3)c(=O)n1C2. The highest BCUT2D eigenvalue weighted by molar-refractivity contribution is 7.92. The lowest BCUT2D eigenvalue weighted by Crippen LogP contribution is -2.49. The summed E-state index contributed by atoms with van der Waals surface area (Å²) in [6.07, 6.45) is 1.42. The van der Waals surface area contributed by atoms with Crippen LogP contribution in [0.3, 0.4) is 0 Å². The molecule has 2 aromatic rings. The lowest BCUT2D eigenvalue weighted by molar-refractivity contribution is -0.135. The number of hydrogen-bond acceptors (Lipinski definition) is 4. The van der Waals surface area contributed by atoms with Gasteiger partial charge in [0.25, 0.3) is 15.6 Å². The number of piperidine rings is 1. The average Bonchev–Trinajstić information content (AvgIpc) is 2.69. The minimum Gasteiger partial charge on any atom is -0.342 e. The summed E-state index contributed by atoms with van der Waals surface area (Å²) in [5.41, 5.74) is 0.441. The quantitative estimate of drug-likeness (QED) is 0.727. The number of fused-ring (bicyclic) bond motifs is 4. The van der Waals surface area contributed by atoms with Crippen LogP contribution in [-0.4, -0.2) is 36.9 Å². The van der Waals surface area contributed by atoms with Crippen LogP contribution in [-0.2, 0) is 21.4 Å². The molecule has 0 spiro atoms. The number of hydrogen-bond donors (Lipinski definition) is 1. The number of nitrogens with zero attached hydrogens (tertiary/aromatic N) is 2. The summed E-state index contributed by atoms with van der Waals surface area (Å²) in [7, 11) is -3.91. The van der Waals surface area contributed by atoms with Crippen molar-refractivity contribution < 1.29 is 13.2 Å². The van der Waals surface area contributed by atoms with Gasteiger partial charge in [0.05, 0.1) is 4.90 Å². The number of pyridine rings is 1. The second-order valence-corrected chi connectivity index (χ2v) is 12.1. The molecule has 3 heterocycles. The first-order valence-electron chi connectivity index (χ1n) is 10.7. The van der Waals surface area contributed by atoms with Gasteiger partial charge in [0.1, 0.15) is 5.69 Å². The highest BCUT2D eigenvalue weighted by atomic mass is 35.5. The second-order valence-electron chi connectivity index (χ2n) is 9.98. The fourth-order valence-electron chi connectivity index (χ4n) is 4.61. The first-order valence-corrected chi connectivity index (χ1v) is 12.6. The maximum absolute atomic E-state index is 13.1. The fraction of sp³-hybridized carbons (Fsp3) is 0.478. The predicted molar refractivity (Wildman–Crippen MR) is 124 cm³/mol. The van der Waals surface area contributed by atoms with E-state index >= 15 is 0 Å². The zero-order valence-electron chi connectivity index (χ0n) is 18.5. The number of likely N-dealkylation sites (tertiary alicyclic amines) is 1. The lowest BCUT2D eigenvalue weighted by Gasteiger charge is -2.43. The van der Waals surface area contributed by atoms with Gasteiger partial charge in [0.2, 0.25) is 5.91 Å². The third-order valence-electron chi connectivity index (χ3n) is 6.01. The molecular formula is C23H28ClN3O4S. The van der Waals surface area contributed by atoms with Gasteiger partial charge in [0, 0.05) is 42.7 Å². The zero-order chi connectivity index (χ0) is 23.3. The van der Waals surface area contributed by atoms with E-state index in [1.54, 1.807) is 10.6 Å². The fourth-order valence-corrected chi connectivity index (χ4v) is 5.79. The molecule has 1 amide bonds. The Morgan fingerprint density at radius 3 is 2.44 bits per heavy atom. The molecule has 0 unspecified atom stereocenters. The normalized spacial score (nSPS) is 20.6. The highest BCUT2D eigenvalue weighted by Crippen LogP contribution is 2.36. The van der Waals surface area contributed by atoms with E-state index in [-0.39, 0.29) is 39.3 Å². The summed E-state index contributed by atoms with van der Waals surface area (Å²) >= 11 is 5.84. The molecule has 2 atom stereocenters. The molecule has 2 bridgehead atoms. The van der Waals surface area contributed by atoms with Crippen LogP contribution in [0.2, 0.25) is 5.02 Å². The van der Waals surface area contributed by atoms with E-state index in [0.29, 0.717) is 31.1 Å². The lowest BCUT2D eigenvalue weighted by atomic mass is 9.82. The first kappa shape index (κ1) is 22.9. The smallest absolute Gasteiger partial charge is 0.275 e. The number of amides is 1. The van der Waals surface area contributed by atoms with Crippen molar-refractivity contribution in [3.8, 4) is 0 Å². The number of benzene rings is 1. The number of halogens is 1. The Kier molecular flexibility index (Phi) is 5.88. The summed E-state index contributed by atoms with van der Waals surface area (Å²) in [4.78, 5) is 27.9. The molecule has 1 aromatic carbocycles. The molecule has 0 aliphatic carbocycles. The largest absolute Gasteiger partial charge is 0.342 e. The Hall–Kier alpha value is -2.32. The van der Waals surface area contributed by atoms with Crippen molar-refractivity contribution in [2.45, 2.75) is 51.0 Å². The monoisotopic (exact) mass is 477 g/mol. The van der Waals surface area contributed by atoms with Crippen LogP contribution in [0.1, 0.15) is 45.2 Å². The van der Waals surface area contributed by atoms with Crippen LogP contribution in [0.5, 0.6) is 0 Å². The number of sulfonamides is 1. The van der Waals surface area contributed by atoms with Crippen LogP contribution >= 0.6 is 11.6 Å². The molecule has 1 N–H and O–H groups in total. The Labute approximate surface area is 193 Å². The molecule has 0 saturated carbocycles. The molecule has 1 fully saturated rings. The Balaban J connectivity index is 1.58. The summed E-state index contributed by atoms with van der Waals surface area (Å²) in [6.45, 7) is 7.84. The van der Waals surface area contributed by atoms with Crippen molar-refractivity contribution in [1.29, 1.82) is 0 Å². The van der Waals surface area contributed by atoms with Crippen molar-refractivity contribution in [1.82, 2.24) is 9.47 Å². The maximum Gasteiger partial charge on any atom is 0.275 e. The molecule has 4 rings (SSSR count). The minimum absolute atomic E-state index is 0.0179. The van der Waals surface area contributed by atoms with Crippen LogP contribution in [0.25, 0.3) is 0 Å². The number of carbonyl (C=O) groups excluding carboxylic acids is 1. The summed E-state index contributed by atoms with van der Waals surface area (Å²) in [6, 6.07) is 9.10. The van der Waals surface area contributed by atoms with Gasteiger partial charge in [-0.15, -0.1) is 0 Å². The van der Waals surface area contributed by atoms with Crippen molar-refractivity contribution in [3.05, 3.63) is 57.5 Å². The molecular weight excluding hydrogens is 450 g/mol. The minimum atomic E-state index is -3.91. The average molecular weight is 478 g/mol. The summed E-state index contributed by atoms with van der Waals surface area (Å²) in [5, 5.41) is 0.430. The topological polar surface area (TPSA) is 88.5 Å². The van der Waals surface area contributed by atoms with Crippen LogP contribution < -0.4 is 10.3 Å². The molecule has 2 aliphatic heterocycles. The van der Waals surface area contributed by atoms with Crippen LogP contribution in [0.15, 0.2) is 46.1 Å². The summed E-state index contributed by atoms with van der Waals surface area (Å²) in [5.74, 6) is 0.391. The third kappa shape index (κ3) is 4.71. The van der Waals surface area contributed by atoms with E-state index in [1.165, 1.54) is 30.3 Å². The standard InChI is InChI=1S/C23H28ClN3O4S/c1-23(2,3)11-21(28)26-12-15-10-16(14-26)20-9-8-19(22(29)27(20)13-15)25-32(30,31)18-6-4-17(24)5-7-18/h4-9,15-16,25H,10-14H2,1-3H3/t15-,16-/m1/s1. The third-order valence-corrected chi connectivity index (χ3v) is 7.64. The van der Waals surface area contributed by atoms with E-state index in [1.807, 2.05) is 4.90 Å². The molecule has 172 valence electrons. The molecule has 32 heavy (non-hydrogen) atoms. The van der Waals surface area contributed by atoms with Gasteiger partial charge in [-0.25, -0.2) is 8.42 Å². The predicted octanol–water partition coefficient (Wildman–Crippen LogP) is 3.68. The van der Waals surface area contributed by atoms with E-state index in [0.717, 1.165) is 12.1 Å². The van der Waals surface area contributed by atoms with Crippen LogP contribution in [0, 0.1) is 11.3 Å². The van der Waals surface area contributed by atoms with Gasteiger partial charge < -0.3 is 9.47 Å². The van der Waals surface area contributed by atoms with Crippen molar-refractivity contribution in [2.75, 3.05) is 17.8 Å². The van der Waals surface area contributed by atoms with Gasteiger partial charge >= 0.3 is 0 Å². The van der Waals surface area contributed by atoms with Crippen molar-refractivity contribution in [2.24, 2.45) is 11.3 Å². The number of aromatic nitrogens is 1. The van der Waals surface area contributed by atoms with E-state index in [4.69, 9.17) is 11.6 Å². The van der Waals surface area contributed by atoms with Crippen molar-refractivity contribution in [3.63, 3.8) is 0 Å². The van der Waals surface area contributed by atoms with Gasteiger partial charge in [-0.3, -0.25) is 14.3 Å². The molecule has 0 radical (unpaired) electrons. The number of anilines is 1. The first-order chi connectivity index (χ1) is 14.9. The molecule has 2 aliphatic rings.